The summed E-state index contributed by atoms with van der Waals surface area (Å²) < 4.78 is 30.8. The van der Waals surface area contributed by atoms with Crippen molar-refractivity contribution in [3.8, 4) is 0 Å². The van der Waals surface area contributed by atoms with Gasteiger partial charge < -0.3 is 4.74 Å². The number of carbonyl (C=O) groups excluding carboxylic acids is 3. The van der Waals surface area contributed by atoms with E-state index in [4.69, 9.17) is 4.74 Å². The van der Waals surface area contributed by atoms with Crippen LogP contribution in [0.3, 0.4) is 0 Å². The molecule has 30 heavy (non-hydrogen) atoms. The van der Waals surface area contributed by atoms with Crippen LogP contribution in [0.4, 0.5) is 5.69 Å². The van der Waals surface area contributed by atoms with Gasteiger partial charge in [-0.2, -0.15) is 0 Å². The molecule has 1 N–H and O–H groups in total. The Morgan fingerprint density at radius 1 is 1.10 bits per heavy atom. The van der Waals surface area contributed by atoms with Crippen molar-refractivity contribution in [1.29, 1.82) is 0 Å². The molecular formula is C20H21N3O6S. The first kappa shape index (κ1) is 21.5. The molecule has 1 fully saturated rings. The Labute approximate surface area is 174 Å². The highest BCUT2D eigenvalue weighted by atomic mass is 32.2. The maximum Gasteiger partial charge on any atom is 0.338 e. The van der Waals surface area contributed by atoms with Gasteiger partial charge in [-0.3, -0.25) is 15.0 Å². The Bertz CT molecular complexity index is 1080. The maximum atomic E-state index is 12.3. The first-order valence-electron chi connectivity index (χ1n) is 9.09. The molecule has 0 radical (unpaired) electrons. The van der Waals surface area contributed by atoms with Crippen LogP contribution in [0, 0.1) is 0 Å². The molecule has 0 unspecified atom stereocenters. The number of hydrogen-bond donors (Lipinski definition) is 1. The lowest BCUT2D eigenvalue weighted by Gasteiger charge is -2.27. The van der Waals surface area contributed by atoms with Gasteiger partial charge in [0.05, 0.1) is 16.1 Å². The third-order valence-corrected chi connectivity index (χ3v) is 6.27. The standard InChI is InChI=1S/C20H21N3O6S/c1-22(2)30(27,28)17-5-3-4-14(12-17)13-29-20(26)15-6-8-16(9-7-15)23-19(25)11-10-18(24)21-23/h3-9,12H,10-11,13H2,1-2H3,(H,21,24). The summed E-state index contributed by atoms with van der Waals surface area (Å²) in [5.74, 6) is -1.09. The van der Waals surface area contributed by atoms with Crippen molar-refractivity contribution >= 4 is 33.5 Å². The Balaban J connectivity index is 1.66. The van der Waals surface area contributed by atoms with Crippen LogP contribution in [0.15, 0.2) is 53.4 Å². The van der Waals surface area contributed by atoms with Crippen LogP contribution in [0.5, 0.6) is 0 Å². The van der Waals surface area contributed by atoms with Gasteiger partial charge in [-0.05, 0) is 42.0 Å². The molecule has 1 aliphatic rings. The van der Waals surface area contributed by atoms with Crippen molar-refractivity contribution in [3.05, 3.63) is 59.7 Å². The van der Waals surface area contributed by atoms with E-state index in [-0.39, 0.29) is 41.7 Å². The number of benzene rings is 2. The highest BCUT2D eigenvalue weighted by Crippen LogP contribution is 2.19. The molecule has 0 atom stereocenters. The summed E-state index contributed by atoms with van der Waals surface area (Å²) in [6, 6.07) is 12.2. The number of hydrogen-bond acceptors (Lipinski definition) is 6. The van der Waals surface area contributed by atoms with E-state index in [0.717, 1.165) is 9.31 Å². The van der Waals surface area contributed by atoms with E-state index in [1.165, 1.54) is 50.5 Å². The van der Waals surface area contributed by atoms with Gasteiger partial charge in [-0.15, -0.1) is 0 Å². The number of esters is 1. The average Bonchev–Trinajstić information content (AvgIpc) is 2.74. The SMILES string of the molecule is CN(C)S(=O)(=O)c1cccc(COC(=O)c2ccc(N3NC(=O)CCC3=O)cc2)c1. The lowest BCUT2D eigenvalue weighted by molar-refractivity contribution is -0.130. The molecular weight excluding hydrogens is 410 g/mol. The van der Waals surface area contributed by atoms with Crippen LogP contribution in [0.1, 0.15) is 28.8 Å². The minimum Gasteiger partial charge on any atom is -0.457 e. The monoisotopic (exact) mass is 431 g/mol. The summed E-state index contributed by atoms with van der Waals surface area (Å²) in [4.78, 5) is 35.8. The molecule has 3 rings (SSSR count). The predicted molar refractivity (Wildman–Crippen MR) is 108 cm³/mol. The van der Waals surface area contributed by atoms with E-state index in [1.54, 1.807) is 12.1 Å². The van der Waals surface area contributed by atoms with Gasteiger partial charge in [-0.25, -0.2) is 22.5 Å². The van der Waals surface area contributed by atoms with Crippen molar-refractivity contribution in [2.45, 2.75) is 24.3 Å². The van der Waals surface area contributed by atoms with Crippen molar-refractivity contribution in [1.82, 2.24) is 9.73 Å². The van der Waals surface area contributed by atoms with E-state index in [1.807, 2.05) is 0 Å². The third kappa shape index (κ3) is 4.66. The zero-order valence-corrected chi connectivity index (χ0v) is 17.3. The highest BCUT2D eigenvalue weighted by molar-refractivity contribution is 7.89. The van der Waals surface area contributed by atoms with Gasteiger partial charge in [0.25, 0.3) is 0 Å². The van der Waals surface area contributed by atoms with Crippen LogP contribution < -0.4 is 10.4 Å². The molecule has 0 aromatic heterocycles. The van der Waals surface area contributed by atoms with E-state index in [2.05, 4.69) is 5.43 Å². The summed E-state index contributed by atoms with van der Waals surface area (Å²) in [5.41, 5.74) is 3.70. The largest absolute Gasteiger partial charge is 0.457 e. The predicted octanol–water partition coefficient (Wildman–Crippen LogP) is 1.45. The smallest absolute Gasteiger partial charge is 0.338 e. The molecule has 158 valence electrons. The summed E-state index contributed by atoms with van der Waals surface area (Å²) in [6.07, 6.45) is 0.273. The minimum absolute atomic E-state index is 0.0992. The number of nitrogens with zero attached hydrogens (tertiary/aromatic N) is 2. The second-order valence-corrected chi connectivity index (χ2v) is 8.97. The van der Waals surface area contributed by atoms with Gasteiger partial charge >= 0.3 is 5.97 Å². The van der Waals surface area contributed by atoms with Gasteiger partial charge in [0.15, 0.2) is 0 Å². The summed E-state index contributed by atoms with van der Waals surface area (Å²) in [7, 11) is -0.705. The number of rotatable bonds is 6. The number of amides is 2. The van der Waals surface area contributed by atoms with Gasteiger partial charge in [0.1, 0.15) is 6.61 Å². The lowest BCUT2D eigenvalue weighted by Crippen LogP contribution is -2.50. The topological polar surface area (TPSA) is 113 Å². The molecule has 9 nitrogen and oxygen atoms in total. The Hall–Kier alpha value is -3.24. The van der Waals surface area contributed by atoms with Gasteiger partial charge in [-0.1, -0.05) is 12.1 Å². The number of nitrogens with one attached hydrogen (secondary N) is 1. The molecule has 1 heterocycles. The van der Waals surface area contributed by atoms with Crippen LogP contribution >= 0.6 is 0 Å². The number of sulfonamides is 1. The normalized spacial score (nSPS) is 14.6. The number of hydrazine groups is 1. The lowest BCUT2D eigenvalue weighted by atomic mass is 10.1. The molecule has 1 aliphatic heterocycles. The summed E-state index contributed by atoms with van der Waals surface area (Å²) >= 11 is 0. The maximum absolute atomic E-state index is 12.3. The van der Waals surface area contributed by atoms with E-state index in [0.29, 0.717) is 11.3 Å². The molecule has 0 saturated carbocycles. The fourth-order valence-corrected chi connectivity index (χ4v) is 3.74. The molecule has 2 aromatic rings. The molecule has 0 aliphatic carbocycles. The van der Waals surface area contributed by atoms with E-state index < -0.39 is 16.0 Å². The second-order valence-electron chi connectivity index (χ2n) is 6.82. The Morgan fingerprint density at radius 2 is 1.80 bits per heavy atom. The number of anilines is 1. The van der Waals surface area contributed by atoms with Gasteiger partial charge in [0, 0.05) is 26.9 Å². The van der Waals surface area contributed by atoms with Crippen LogP contribution in [-0.4, -0.2) is 44.6 Å². The van der Waals surface area contributed by atoms with Crippen LogP contribution in [0.25, 0.3) is 0 Å². The zero-order valence-electron chi connectivity index (χ0n) is 16.5. The number of carbonyl (C=O) groups is 3. The van der Waals surface area contributed by atoms with Crippen molar-refractivity contribution in [3.63, 3.8) is 0 Å². The molecule has 2 aromatic carbocycles. The van der Waals surface area contributed by atoms with Crippen molar-refractivity contribution < 1.29 is 27.5 Å². The first-order chi connectivity index (χ1) is 14.2. The number of ether oxygens (including phenoxy) is 1. The first-order valence-corrected chi connectivity index (χ1v) is 10.5. The minimum atomic E-state index is -3.58. The summed E-state index contributed by atoms with van der Waals surface area (Å²) in [5, 5.41) is 1.15. The van der Waals surface area contributed by atoms with Gasteiger partial charge in [0.2, 0.25) is 21.8 Å². The second kappa shape index (κ2) is 8.64. The highest BCUT2D eigenvalue weighted by Gasteiger charge is 2.24. The Morgan fingerprint density at radius 3 is 2.47 bits per heavy atom. The molecule has 10 heteroatoms. The molecule has 2 amide bonds. The quantitative estimate of drug-likeness (QED) is 0.693. The molecule has 1 saturated heterocycles. The molecule has 0 bridgehead atoms. The van der Waals surface area contributed by atoms with Crippen molar-refractivity contribution in [2.24, 2.45) is 0 Å². The van der Waals surface area contributed by atoms with E-state index in [9.17, 15) is 22.8 Å². The zero-order chi connectivity index (χ0) is 21.9. The van der Waals surface area contributed by atoms with Crippen molar-refractivity contribution in [2.75, 3.05) is 19.1 Å². The Kier molecular flexibility index (Phi) is 6.18. The average molecular weight is 431 g/mol. The fourth-order valence-electron chi connectivity index (χ4n) is 2.77. The molecule has 0 spiro atoms. The van der Waals surface area contributed by atoms with E-state index >= 15 is 0 Å². The third-order valence-electron chi connectivity index (χ3n) is 4.46. The fraction of sp³-hybridized carbons (Fsp3) is 0.250. The summed E-state index contributed by atoms with van der Waals surface area (Å²) in [6.45, 7) is -0.0992. The van der Waals surface area contributed by atoms with Crippen LogP contribution in [0.2, 0.25) is 0 Å². The van der Waals surface area contributed by atoms with Crippen LogP contribution in [-0.2, 0) is 31.0 Å².